The second-order valence-electron chi connectivity index (χ2n) is 4.61. The minimum absolute atomic E-state index is 0.0470. The van der Waals surface area contributed by atoms with Gasteiger partial charge in [0.1, 0.15) is 0 Å². The van der Waals surface area contributed by atoms with Gasteiger partial charge in [0, 0.05) is 44.0 Å². The molecular formula is C13H21N3O2. The van der Waals surface area contributed by atoms with E-state index in [1.807, 2.05) is 23.6 Å². The molecule has 0 bridgehead atoms. The summed E-state index contributed by atoms with van der Waals surface area (Å²) < 4.78 is 7.13. The molecule has 0 saturated carbocycles. The lowest BCUT2D eigenvalue weighted by Crippen LogP contribution is -2.40. The first-order valence-corrected chi connectivity index (χ1v) is 6.42. The van der Waals surface area contributed by atoms with E-state index in [0.717, 1.165) is 45.1 Å². The van der Waals surface area contributed by atoms with Gasteiger partial charge in [-0.2, -0.15) is 0 Å². The first-order chi connectivity index (χ1) is 8.72. The van der Waals surface area contributed by atoms with Crippen LogP contribution >= 0.6 is 0 Å². The molecule has 0 spiro atoms. The van der Waals surface area contributed by atoms with Crippen LogP contribution in [0.15, 0.2) is 16.9 Å². The molecule has 0 aliphatic carbocycles. The lowest BCUT2D eigenvalue weighted by molar-refractivity contribution is 0.0362. The number of aromatic nitrogens is 1. The Kier molecular flexibility index (Phi) is 4.52. The number of morpholine rings is 1. The van der Waals surface area contributed by atoms with Crippen LogP contribution in [-0.4, -0.2) is 42.3 Å². The van der Waals surface area contributed by atoms with E-state index in [0.29, 0.717) is 12.1 Å². The van der Waals surface area contributed by atoms with Crippen molar-refractivity contribution >= 4 is 0 Å². The van der Waals surface area contributed by atoms with Crippen LogP contribution in [0.5, 0.6) is 0 Å². The summed E-state index contributed by atoms with van der Waals surface area (Å²) in [5.74, 6) is 0. The first-order valence-electron chi connectivity index (χ1n) is 6.42. The summed E-state index contributed by atoms with van der Waals surface area (Å²) in [7, 11) is 0. The van der Waals surface area contributed by atoms with Gasteiger partial charge in [-0.3, -0.25) is 9.69 Å². The number of pyridine rings is 1. The molecule has 1 fully saturated rings. The number of nitrogens with zero attached hydrogens (tertiary/aromatic N) is 2. The van der Waals surface area contributed by atoms with Gasteiger partial charge >= 0.3 is 0 Å². The maximum absolute atomic E-state index is 12.1. The number of rotatable bonds is 4. The zero-order valence-electron chi connectivity index (χ0n) is 10.9. The minimum Gasteiger partial charge on any atom is -0.379 e. The standard InChI is InChI=1S/C13H21N3O2/c1-11-2-3-12(10-14)13(17)16(11)5-4-15-6-8-18-9-7-15/h2-3H,4-10,14H2,1H3. The zero-order chi connectivity index (χ0) is 13.0. The predicted molar refractivity (Wildman–Crippen MR) is 70.6 cm³/mol. The average Bonchev–Trinajstić information content (AvgIpc) is 2.40. The minimum atomic E-state index is 0.0470. The quantitative estimate of drug-likeness (QED) is 0.815. The molecule has 5 nitrogen and oxygen atoms in total. The Labute approximate surface area is 107 Å². The van der Waals surface area contributed by atoms with Gasteiger partial charge in [-0.1, -0.05) is 6.07 Å². The Morgan fingerprint density at radius 1 is 1.28 bits per heavy atom. The summed E-state index contributed by atoms with van der Waals surface area (Å²) >= 11 is 0. The van der Waals surface area contributed by atoms with Crippen molar-refractivity contribution in [2.75, 3.05) is 32.8 Å². The topological polar surface area (TPSA) is 60.5 Å². The third-order valence-corrected chi connectivity index (χ3v) is 3.43. The third-order valence-electron chi connectivity index (χ3n) is 3.43. The Morgan fingerprint density at radius 2 is 2.00 bits per heavy atom. The predicted octanol–water partition coefficient (Wildman–Crippen LogP) is -0.0524. The molecule has 1 aromatic heterocycles. The van der Waals surface area contributed by atoms with Gasteiger partial charge in [-0.25, -0.2) is 0 Å². The summed E-state index contributed by atoms with van der Waals surface area (Å²) in [6.07, 6.45) is 0. The second kappa shape index (κ2) is 6.13. The van der Waals surface area contributed by atoms with Gasteiger partial charge in [-0.15, -0.1) is 0 Å². The van der Waals surface area contributed by atoms with E-state index in [4.69, 9.17) is 10.5 Å². The van der Waals surface area contributed by atoms with Crippen LogP contribution in [0.3, 0.4) is 0 Å². The monoisotopic (exact) mass is 251 g/mol. The fourth-order valence-corrected chi connectivity index (χ4v) is 2.22. The van der Waals surface area contributed by atoms with Crippen molar-refractivity contribution in [1.82, 2.24) is 9.47 Å². The van der Waals surface area contributed by atoms with Crippen LogP contribution < -0.4 is 11.3 Å². The molecule has 2 rings (SSSR count). The third kappa shape index (κ3) is 2.98. The van der Waals surface area contributed by atoms with Crippen LogP contribution in [-0.2, 0) is 17.8 Å². The lowest BCUT2D eigenvalue weighted by atomic mass is 10.2. The van der Waals surface area contributed by atoms with Gasteiger partial charge in [0.2, 0.25) is 0 Å². The van der Waals surface area contributed by atoms with E-state index in [2.05, 4.69) is 4.90 Å². The molecule has 1 aromatic rings. The molecular weight excluding hydrogens is 230 g/mol. The summed E-state index contributed by atoms with van der Waals surface area (Å²) in [6, 6.07) is 3.78. The maximum atomic E-state index is 12.1. The number of ether oxygens (including phenoxy) is 1. The van der Waals surface area contributed by atoms with Gasteiger partial charge in [0.15, 0.2) is 0 Å². The Hall–Kier alpha value is -1.17. The largest absolute Gasteiger partial charge is 0.379 e. The summed E-state index contributed by atoms with van der Waals surface area (Å²) in [6.45, 7) is 7.34. The average molecular weight is 251 g/mol. The van der Waals surface area contributed by atoms with Gasteiger partial charge in [0.25, 0.3) is 5.56 Å². The summed E-state index contributed by atoms with van der Waals surface area (Å²) in [4.78, 5) is 14.5. The number of nitrogens with two attached hydrogens (primary N) is 1. The fourth-order valence-electron chi connectivity index (χ4n) is 2.22. The van der Waals surface area contributed by atoms with Crippen LogP contribution in [0.4, 0.5) is 0 Å². The molecule has 2 N–H and O–H groups in total. The molecule has 1 aliphatic rings. The van der Waals surface area contributed by atoms with Crippen LogP contribution in [0, 0.1) is 6.92 Å². The van der Waals surface area contributed by atoms with E-state index in [9.17, 15) is 4.79 Å². The van der Waals surface area contributed by atoms with Crippen molar-refractivity contribution in [2.24, 2.45) is 5.73 Å². The second-order valence-corrected chi connectivity index (χ2v) is 4.61. The smallest absolute Gasteiger partial charge is 0.255 e. The molecule has 100 valence electrons. The highest BCUT2D eigenvalue weighted by Crippen LogP contribution is 2.01. The van der Waals surface area contributed by atoms with Crippen LogP contribution in [0.1, 0.15) is 11.3 Å². The van der Waals surface area contributed by atoms with E-state index in [1.54, 1.807) is 0 Å². The number of aryl methyl sites for hydroxylation is 1. The normalized spacial score (nSPS) is 17.0. The molecule has 5 heteroatoms. The van der Waals surface area contributed by atoms with Crippen molar-refractivity contribution < 1.29 is 4.74 Å². The SMILES string of the molecule is Cc1ccc(CN)c(=O)n1CCN1CCOCC1. The zero-order valence-corrected chi connectivity index (χ0v) is 10.9. The van der Waals surface area contributed by atoms with Crippen molar-refractivity contribution in [2.45, 2.75) is 20.0 Å². The molecule has 1 aliphatic heterocycles. The van der Waals surface area contributed by atoms with Crippen molar-refractivity contribution in [3.8, 4) is 0 Å². The Morgan fingerprint density at radius 3 is 2.67 bits per heavy atom. The molecule has 18 heavy (non-hydrogen) atoms. The van der Waals surface area contributed by atoms with Gasteiger partial charge in [-0.05, 0) is 13.0 Å². The molecule has 0 radical (unpaired) electrons. The van der Waals surface area contributed by atoms with Crippen molar-refractivity contribution in [3.05, 3.63) is 33.7 Å². The highest BCUT2D eigenvalue weighted by atomic mass is 16.5. The van der Waals surface area contributed by atoms with Gasteiger partial charge < -0.3 is 15.0 Å². The molecule has 0 atom stereocenters. The lowest BCUT2D eigenvalue weighted by Gasteiger charge is -2.27. The molecule has 2 heterocycles. The number of hydrogen-bond donors (Lipinski definition) is 1. The van der Waals surface area contributed by atoms with Crippen LogP contribution in [0.25, 0.3) is 0 Å². The van der Waals surface area contributed by atoms with Crippen molar-refractivity contribution in [1.29, 1.82) is 0 Å². The molecule has 0 aromatic carbocycles. The summed E-state index contributed by atoms with van der Waals surface area (Å²) in [5, 5.41) is 0. The van der Waals surface area contributed by atoms with E-state index < -0.39 is 0 Å². The first kappa shape index (κ1) is 13.3. The highest BCUT2D eigenvalue weighted by Gasteiger charge is 2.11. The van der Waals surface area contributed by atoms with Crippen LogP contribution in [0.2, 0.25) is 0 Å². The van der Waals surface area contributed by atoms with Gasteiger partial charge in [0.05, 0.1) is 13.2 Å². The number of hydrogen-bond acceptors (Lipinski definition) is 4. The molecule has 0 amide bonds. The van der Waals surface area contributed by atoms with E-state index in [-0.39, 0.29) is 5.56 Å². The Bertz CT molecular complexity index is 450. The highest BCUT2D eigenvalue weighted by molar-refractivity contribution is 5.15. The molecule has 0 unspecified atom stereocenters. The molecule has 1 saturated heterocycles. The maximum Gasteiger partial charge on any atom is 0.255 e. The Balaban J connectivity index is 2.06. The summed E-state index contributed by atoms with van der Waals surface area (Å²) in [5.41, 5.74) is 7.29. The fraction of sp³-hybridized carbons (Fsp3) is 0.615. The van der Waals surface area contributed by atoms with E-state index >= 15 is 0 Å². The van der Waals surface area contributed by atoms with Crippen molar-refractivity contribution in [3.63, 3.8) is 0 Å². The van der Waals surface area contributed by atoms with E-state index in [1.165, 1.54) is 0 Å².